The predicted octanol–water partition coefficient (Wildman–Crippen LogP) is 21.0. The highest BCUT2D eigenvalue weighted by atomic mass is 16.6. The van der Waals surface area contributed by atoms with Gasteiger partial charge in [0, 0.05) is 19.3 Å². The highest BCUT2D eigenvalue weighted by Gasteiger charge is 2.19. The molecule has 0 aliphatic rings. The van der Waals surface area contributed by atoms with Crippen LogP contribution in [0.15, 0.2) is 0 Å². The molecule has 6 heteroatoms. The zero-order valence-electron chi connectivity index (χ0n) is 47.3. The summed E-state index contributed by atoms with van der Waals surface area (Å²) in [4.78, 5) is 38.3. The van der Waals surface area contributed by atoms with Gasteiger partial charge in [-0.3, -0.25) is 14.4 Å². The van der Waals surface area contributed by atoms with Gasteiger partial charge in [0.2, 0.25) is 0 Å². The van der Waals surface area contributed by atoms with Crippen molar-refractivity contribution in [1.29, 1.82) is 0 Å². The van der Waals surface area contributed by atoms with Crippen LogP contribution < -0.4 is 0 Å². The molecule has 0 N–H and O–H groups in total. The van der Waals surface area contributed by atoms with E-state index in [0.717, 1.165) is 63.7 Å². The van der Waals surface area contributed by atoms with Gasteiger partial charge in [-0.05, 0) is 25.2 Å². The van der Waals surface area contributed by atoms with E-state index in [1.165, 1.54) is 257 Å². The van der Waals surface area contributed by atoms with Crippen molar-refractivity contribution in [3.63, 3.8) is 0 Å². The quantitative estimate of drug-likeness (QED) is 0.0343. The van der Waals surface area contributed by atoms with E-state index in [4.69, 9.17) is 14.2 Å². The molecule has 0 amide bonds. The Morgan fingerprint density at radius 1 is 0.275 bits per heavy atom. The minimum atomic E-state index is -0.763. The summed E-state index contributed by atoms with van der Waals surface area (Å²) in [6, 6.07) is 0. The fourth-order valence-electron chi connectivity index (χ4n) is 9.81. The second kappa shape index (κ2) is 57.3. The van der Waals surface area contributed by atoms with E-state index in [1.54, 1.807) is 0 Å². The Morgan fingerprint density at radius 3 is 0.710 bits per heavy atom. The molecule has 0 saturated carbocycles. The van der Waals surface area contributed by atoms with Gasteiger partial charge in [0.25, 0.3) is 0 Å². The van der Waals surface area contributed by atoms with Gasteiger partial charge in [0.1, 0.15) is 13.2 Å². The van der Waals surface area contributed by atoms with Crippen LogP contribution in [0.4, 0.5) is 0 Å². The van der Waals surface area contributed by atoms with Crippen LogP contribution in [-0.4, -0.2) is 37.2 Å². The Kier molecular flexibility index (Phi) is 56.0. The van der Waals surface area contributed by atoms with Crippen molar-refractivity contribution >= 4 is 17.9 Å². The van der Waals surface area contributed by atoms with E-state index in [0.29, 0.717) is 19.3 Å². The third kappa shape index (κ3) is 57.2. The summed E-state index contributed by atoms with van der Waals surface area (Å²) >= 11 is 0. The number of ether oxygens (including phenoxy) is 3. The van der Waals surface area contributed by atoms with E-state index in [2.05, 4.69) is 27.7 Å². The standard InChI is InChI=1S/C63H122O6/c1-5-7-9-11-13-15-17-19-21-23-25-30-34-38-42-46-50-54-61(64)67-57-60(69-63(66)56-52-48-44-40-36-32-26-24-22-20-18-16-14-12-10-8-6-2)58-68-62(65)55-51-47-43-39-35-31-28-27-29-33-37-41-45-49-53-59(3)4/h59-60H,5-58H2,1-4H3/t60-/m0/s1. The van der Waals surface area contributed by atoms with Gasteiger partial charge >= 0.3 is 17.9 Å². The van der Waals surface area contributed by atoms with Crippen molar-refractivity contribution in [2.24, 2.45) is 5.92 Å². The third-order valence-corrected chi connectivity index (χ3v) is 14.5. The van der Waals surface area contributed by atoms with Gasteiger partial charge < -0.3 is 14.2 Å². The first-order chi connectivity index (χ1) is 33.9. The second-order valence-corrected chi connectivity index (χ2v) is 22.2. The van der Waals surface area contributed by atoms with E-state index >= 15 is 0 Å². The molecular formula is C63H122O6. The predicted molar refractivity (Wildman–Crippen MR) is 298 cm³/mol. The van der Waals surface area contributed by atoms with Crippen molar-refractivity contribution < 1.29 is 28.6 Å². The van der Waals surface area contributed by atoms with Crippen LogP contribution >= 0.6 is 0 Å². The van der Waals surface area contributed by atoms with Crippen molar-refractivity contribution in [3.05, 3.63) is 0 Å². The first-order valence-electron chi connectivity index (χ1n) is 31.4. The summed E-state index contributed by atoms with van der Waals surface area (Å²) in [6.07, 6.45) is 63.8. The average molecular weight is 976 g/mol. The summed E-state index contributed by atoms with van der Waals surface area (Å²) in [7, 11) is 0. The maximum absolute atomic E-state index is 12.9. The molecule has 0 fully saturated rings. The molecule has 0 aliphatic heterocycles. The fourth-order valence-corrected chi connectivity index (χ4v) is 9.81. The normalized spacial score (nSPS) is 12.0. The number of hydrogen-bond donors (Lipinski definition) is 0. The van der Waals surface area contributed by atoms with Gasteiger partial charge in [0.05, 0.1) is 0 Å². The smallest absolute Gasteiger partial charge is 0.306 e. The van der Waals surface area contributed by atoms with Crippen molar-refractivity contribution in [2.45, 2.75) is 368 Å². The van der Waals surface area contributed by atoms with Gasteiger partial charge in [-0.2, -0.15) is 0 Å². The van der Waals surface area contributed by atoms with Crippen LogP contribution in [-0.2, 0) is 28.6 Å². The molecule has 0 aromatic rings. The molecule has 0 aromatic heterocycles. The van der Waals surface area contributed by atoms with Crippen LogP contribution in [0.1, 0.15) is 362 Å². The molecular weight excluding hydrogens is 853 g/mol. The molecule has 0 bridgehead atoms. The first-order valence-corrected chi connectivity index (χ1v) is 31.4. The molecule has 410 valence electrons. The summed E-state index contributed by atoms with van der Waals surface area (Å²) in [5.74, 6) is 0.0164. The number of carbonyl (C=O) groups is 3. The lowest BCUT2D eigenvalue weighted by Crippen LogP contribution is -2.30. The number of hydrogen-bond acceptors (Lipinski definition) is 6. The van der Waals surface area contributed by atoms with Gasteiger partial charge in [0.15, 0.2) is 6.10 Å². The summed E-state index contributed by atoms with van der Waals surface area (Å²) < 4.78 is 17.0. The molecule has 1 atom stereocenters. The van der Waals surface area contributed by atoms with Gasteiger partial charge in [-0.15, -0.1) is 0 Å². The molecule has 0 aromatic carbocycles. The maximum atomic E-state index is 12.9. The largest absolute Gasteiger partial charge is 0.462 e. The van der Waals surface area contributed by atoms with Crippen LogP contribution in [0, 0.1) is 5.92 Å². The molecule has 0 spiro atoms. The Bertz CT molecular complexity index is 1040. The lowest BCUT2D eigenvalue weighted by Gasteiger charge is -2.18. The Morgan fingerprint density at radius 2 is 0.478 bits per heavy atom. The molecule has 0 heterocycles. The van der Waals surface area contributed by atoms with Crippen LogP contribution in [0.3, 0.4) is 0 Å². The number of rotatable bonds is 58. The van der Waals surface area contributed by atoms with Crippen molar-refractivity contribution in [3.8, 4) is 0 Å². The van der Waals surface area contributed by atoms with E-state index in [-0.39, 0.29) is 31.1 Å². The van der Waals surface area contributed by atoms with Crippen molar-refractivity contribution in [1.82, 2.24) is 0 Å². The fraction of sp³-hybridized carbons (Fsp3) is 0.952. The molecule has 0 aliphatic carbocycles. The molecule has 0 unspecified atom stereocenters. The summed E-state index contributed by atoms with van der Waals surface area (Å²) in [5, 5.41) is 0. The third-order valence-electron chi connectivity index (χ3n) is 14.5. The molecule has 0 radical (unpaired) electrons. The van der Waals surface area contributed by atoms with Crippen LogP contribution in [0.25, 0.3) is 0 Å². The van der Waals surface area contributed by atoms with Gasteiger partial charge in [-0.25, -0.2) is 0 Å². The minimum Gasteiger partial charge on any atom is -0.462 e. The highest BCUT2D eigenvalue weighted by molar-refractivity contribution is 5.71. The van der Waals surface area contributed by atoms with E-state index < -0.39 is 6.10 Å². The Balaban J connectivity index is 4.29. The highest BCUT2D eigenvalue weighted by Crippen LogP contribution is 2.19. The average Bonchev–Trinajstić information content (AvgIpc) is 3.34. The Hall–Kier alpha value is -1.59. The Labute approximate surface area is 431 Å². The molecule has 0 saturated heterocycles. The number of carbonyl (C=O) groups excluding carboxylic acids is 3. The number of unbranched alkanes of at least 4 members (excludes halogenated alkanes) is 45. The summed E-state index contributed by atoms with van der Waals surface area (Å²) in [6.45, 7) is 9.09. The SMILES string of the molecule is CCCCCCCCCCCCCCCCCCCC(=O)OC[C@@H](COC(=O)CCCCCCCCCCCCCCCCC(C)C)OC(=O)CCCCCCCCCCCCCCCCCCC. The molecule has 0 rings (SSSR count). The lowest BCUT2D eigenvalue weighted by molar-refractivity contribution is -0.167. The lowest BCUT2D eigenvalue weighted by atomic mass is 10.0. The topological polar surface area (TPSA) is 78.9 Å². The number of esters is 3. The zero-order valence-corrected chi connectivity index (χ0v) is 47.3. The summed E-state index contributed by atoms with van der Waals surface area (Å²) in [5.41, 5.74) is 0. The van der Waals surface area contributed by atoms with Crippen LogP contribution in [0.2, 0.25) is 0 Å². The minimum absolute atomic E-state index is 0.0612. The molecule has 6 nitrogen and oxygen atoms in total. The molecule has 69 heavy (non-hydrogen) atoms. The van der Waals surface area contributed by atoms with E-state index in [9.17, 15) is 14.4 Å². The second-order valence-electron chi connectivity index (χ2n) is 22.2. The monoisotopic (exact) mass is 975 g/mol. The van der Waals surface area contributed by atoms with Crippen LogP contribution in [0.5, 0.6) is 0 Å². The maximum Gasteiger partial charge on any atom is 0.306 e. The van der Waals surface area contributed by atoms with E-state index in [1.807, 2.05) is 0 Å². The van der Waals surface area contributed by atoms with Crippen molar-refractivity contribution in [2.75, 3.05) is 13.2 Å². The first kappa shape index (κ1) is 67.4. The van der Waals surface area contributed by atoms with Gasteiger partial charge in [-0.1, -0.05) is 323 Å². The zero-order chi connectivity index (χ0) is 50.2.